The number of likely N-dealkylation sites (N-methyl/N-ethyl adjacent to an activating group) is 1. The summed E-state index contributed by atoms with van der Waals surface area (Å²) in [4.78, 5) is 4.88. The van der Waals surface area contributed by atoms with E-state index in [9.17, 15) is 5.11 Å². The van der Waals surface area contributed by atoms with E-state index in [0.29, 0.717) is 12.6 Å². The highest BCUT2D eigenvalue weighted by Crippen LogP contribution is 2.31. The summed E-state index contributed by atoms with van der Waals surface area (Å²) in [5, 5.41) is 10.1. The van der Waals surface area contributed by atoms with Crippen molar-refractivity contribution < 1.29 is 9.84 Å². The number of nitrogens with zero attached hydrogens (tertiary/aromatic N) is 2. The molecule has 0 unspecified atom stereocenters. The molecule has 4 nitrogen and oxygen atoms in total. The van der Waals surface area contributed by atoms with Gasteiger partial charge in [0.25, 0.3) is 0 Å². The van der Waals surface area contributed by atoms with Gasteiger partial charge < -0.3 is 14.7 Å². The molecule has 19 heavy (non-hydrogen) atoms. The molecule has 0 amide bonds. The van der Waals surface area contributed by atoms with Crippen molar-refractivity contribution in [1.82, 2.24) is 9.80 Å². The van der Waals surface area contributed by atoms with Crippen molar-refractivity contribution in [2.45, 2.75) is 51.4 Å². The van der Waals surface area contributed by atoms with Gasteiger partial charge in [-0.25, -0.2) is 0 Å². The Morgan fingerprint density at radius 3 is 2.63 bits per heavy atom. The van der Waals surface area contributed by atoms with Crippen LogP contribution in [0.5, 0.6) is 0 Å². The Morgan fingerprint density at radius 1 is 1.26 bits per heavy atom. The van der Waals surface area contributed by atoms with Crippen LogP contribution in [0.1, 0.15) is 33.6 Å². The van der Waals surface area contributed by atoms with Crippen molar-refractivity contribution in [3.8, 4) is 0 Å². The van der Waals surface area contributed by atoms with Gasteiger partial charge in [-0.2, -0.15) is 0 Å². The topological polar surface area (TPSA) is 35.9 Å². The molecule has 0 aliphatic carbocycles. The van der Waals surface area contributed by atoms with Crippen molar-refractivity contribution >= 4 is 0 Å². The standard InChI is InChI=1S/C15H30N2O2/c1-15(2,3)19-11-13(18)9-17-8-6-12-5-7-16(4)10-14(12)17/h12-14,18H,5-11H2,1-4H3/t12-,13-,14-/m1/s1. The maximum Gasteiger partial charge on any atom is 0.0900 e. The van der Waals surface area contributed by atoms with Gasteiger partial charge in [0.1, 0.15) is 0 Å². The summed E-state index contributed by atoms with van der Waals surface area (Å²) in [6.45, 7) is 10.8. The van der Waals surface area contributed by atoms with Gasteiger partial charge in [-0.3, -0.25) is 4.90 Å². The van der Waals surface area contributed by atoms with Crippen LogP contribution in [0.3, 0.4) is 0 Å². The quantitative estimate of drug-likeness (QED) is 0.832. The van der Waals surface area contributed by atoms with E-state index in [1.54, 1.807) is 0 Å². The largest absolute Gasteiger partial charge is 0.389 e. The summed E-state index contributed by atoms with van der Waals surface area (Å²) >= 11 is 0. The molecule has 0 aromatic rings. The molecule has 2 aliphatic rings. The molecule has 1 N–H and O–H groups in total. The Kier molecular flexibility index (Phi) is 4.88. The fraction of sp³-hybridized carbons (Fsp3) is 1.00. The first-order chi connectivity index (χ1) is 8.85. The summed E-state index contributed by atoms with van der Waals surface area (Å²) in [5.74, 6) is 0.840. The molecule has 0 radical (unpaired) electrons. The number of hydrogen-bond donors (Lipinski definition) is 1. The Morgan fingerprint density at radius 2 is 1.95 bits per heavy atom. The lowest BCUT2D eigenvalue weighted by Crippen LogP contribution is -2.49. The Labute approximate surface area is 117 Å². The van der Waals surface area contributed by atoms with Crippen LogP contribution in [0.15, 0.2) is 0 Å². The average Bonchev–Trinajstić information content (AvgIpc) is 2.68. The smallest absolute Gasteiger partial charge is 0.0900 e. The fourth-order valence-electron chi connectivity index (χ4n) is 3.28. The number of likely N-dealkylation sites (tertiary alicyclic amines) is 2. The zero-order valence-electron chi connectivity index (χ0n) is 12.9. The number of aliphatic hydroxyl groups excluding tert-OH is 1. The van der Waals surface area contributed by atoms with Gasteiger partial charge in [-0.05, 0) is 59.7 Å². The van der Waals surface area contributed by atoms with Crippen LogP contribution >= 0.6 is 0 Å². The molecule has 2 saturated heterocycles. The molecule has 4 heteroatoms. The van der Waals surface area contributed by atoms with E-state index in [-0.39, 0.29) is 11.7 Å². The number of ether oxygens (including phenoxy) is 1. The molecule has 2 aliphatic heterocycles. The molecular formula is C15H30N2O2. The first-order valence-electron chi connectivity index (χ1n) is 7.60. The van der Waals surface area contributed by atoms with Crippen LogP contribution in [-0.4, -0.2) is 72.5 Å². The minimum absolute atomic E-state index is 0.167. The lowest BCUT2D eigenvalue weighted by Gasteiger charge is -2.37. The van der Waals surface area contributed by atoms with Crippen molar-refractivity contribution in [3.63, 3.8) is 0 Å². The van der Waals surface area contributed by atoms with Crippen LogP contribution in [-0.2, 0) is 4.74 Å². The highest BCUT2D eigenvalue weighted by atomic mass is 16.5. The van der Waals surface area contributed by atoms with E-state index in [0.717, 1.165) is 25.6 Å². The third kappa shape index (κ3) is 4.42. The molecule has 3 atom stereocenters. The number of β-amino-alcohol motifs (C(OH)–C–C–N with tert-alkyl or cyclic N) is 1. The Bertz CT molecular complexity index is 290. The molecule has 0 saturated carbocycles. The maximum atomic E-state index is 10.1. The second kappa shape index (κ2) is 6.08. The third-order valence-electron chi connectivity index (χ3n) is 4.33. The molecule has 0 aromatic carbocycles. The van der Waals surface area contributed by atoms with E-state index in [2.05, 4.69) is 16.8 Å². The van der Waals surface area contributed by atoms with E-state index < -0.39 is 0 Å². The van der Waals surface area contributed by atoms with Crippen molar-refractivity contribution in [2.24, 2.45) is 5.92 Å². The first-order valence-corrected chi connectivity index (χ1v) is 7.60. The predicted octanol–water partition coefficient (Wildman–Crippen LogP) is 1.19. The van der Waals surface area contributed by atoms with Gasteiger partial charge in [0, 0.05) is 19.1 Å². The molecule has 2 rings (SSSR count). The lowest BCUT2D eigenvalue weighted by atomic mass is 9.92. The average molecular weight is 270 g/mol. The Hall–Kier alpha value is -0.160. The van der Waals surface area contributed by atoms with E-state index >= 15 is 0 Å². The zero-order chi connectivity index (χ0) is 14.0. The van der Waals surface area contributed by atoms with E-state index in [1.165, 1.54) is 19.4 Å². The van der Waals surface area contributed by atoms with Gasteiger partial charge in [0.2, 0.25) is 0 Å². The Balaban J connectivity index is 1.79. The predicted molar refractivity (Wildman–Crippen MR) is 77.3 cm³/mol. The normalized spacial score (nSPS) is 31.4. The summed E-state index contributed by atoms with van der Waals surface area (Å²) in [6.07, 6.45) is 2.24. The van der Waals surface area contributed by atoms with E-state index in [1.807, 2.05) is 20.8 Å². The van der Waals surface area contributed by atoms with Crippen molar-refractivity contribution in [3.05, 3.63) is 0 Å². The number of fused-ring (bicyclic) bond motifs is 1. The molecule has 2 fully saturated rings. The highest BCUT2D eigenvalue weighted by molar-refractivity contribution is 4.92. The fourth-order valence-corrected chi connectivity index (χ4v) is 3.28. The number of piperidine rings is 1. The molecule has 0 bridgehead atoms. The summed E-state index contributed by atoms with van der Waals surface area (Å²) in [7, 11) is 2.20. The highest BCUT2D eigenvalue weighted by Gasteiger charge is 2.37. The zero-order valence-corrected chi connectivity index (χ0v) is 12.9. The minimum Gasteiger partial charge on any atom is -0.389 e. The van der Waals surface area contributed by atoms with Gasteiger partial charge in [-0.15, -0.1) is 0 Å². The van der Waals surface area contributed by atoms with Crippen LogP contribution in [0.4, 0.5) is 0 Å². The maximum absolute atomic E-state index is 10.1. The summed E-state index contributed by atoms with van der Waals surface area (Å²) < 4.78 is 5.67. The van der Waals surface area contributed by atoms with Crippen LogP contribution in [0.2, 0.25) is 0 Å². The molecule has 0 spiro atoms. The monoisotopic (exact) mass is 270 g/mol. The number of aliphatic hydroxyl groups is 1. The summed E-state index contributed by atoms with van der Waals surface area (Å²) in [5.41, 5.74) is -0.167. The lowest BCUT2D eigenvalue weighted by molar-refractivity contribution is -0.0587. The second-order valence-corrected chi connectivity index (χ2v) is 7.24. The van der Waals surface area contributed by atoms with Crippen LogP contribution in [0, 0.1) is 5.92 Å². The van der Waals surface area contributed by atoms with Crippen molar-refractivity contribution in [1.29, 1.82) is 0 Å². The van der Waals surface area contributed by atoms with Crippen LogP contribution in [0.25, 0.3) is 0 Å². The number of rotatable bonds is 4. The molecular weight excluding hydrogens is 240 g/mol. The van der Waals surface area contributed by atoms with Gasteiger partial charge in [0.15, 0.2) is 0 Å². The minimum atomic E-state index is -0.370. The number of hydrogen-bond acceptors (Lipinski definition) is 4. The van der Waals surface area contributed by atoms with E-state index in [4.69, 9.17) is 4.74 Å². The molecule has 112 valence electrons. The van der Waals surface area contributed by atoms with Crippen LogP contribution < -0.4 is 0 Å². The molecule has 2 heterocycles. The third-order valence-corrected chi connectivity index (χ3v) is 4.33. The van der Waals surface area contributed by atoms with Crippen molar-refractivity contribution in [2.75, 3.05) is 39.8 Å². The second-order valence-electron chi connectivity index (χ2n) is 7.24. The molecule has 0 aromatic heterocycles. The summed E-state index contributed by atoms with van der Waals surface area (Å²) in [6, 6.07) is 0.642. The van der Waals surface area contributed by atoms with Gasteiger partial charge >= 0.3 is 0 Å². The SMILES string of the molecule is CN1CC[C@@H]2CCN(C[C@@H](O)COC(C)(C)C)[C@@H]2C1. The first kappa shape index (κ1) is 15.2. The van der Waals surface area contributed by atoms with Gasteiger partial charge in [0.05, 0.1) is 18.3 Å². The van der Waals surface area contributed by atoms with Gasteiger partial charge in [-0.1, -0.05) is 0 Å².